The standard InChI is InChI=1S/C19H27NO/c1-5-13-20-14-17-11-12-18(21-17)15-7-9-16(10-8-15)19(3,4)6-2/h7-12,20H,5-6,13-14H2,1-4H3. The number of nitrogens with one attached hydrogen (secondary N) is 1. The third kappa shape index (κ3) is 3.98. The Kier molecular flexibility index (Phi) is 5.24. The third-order valence-corrected chi connectivity index (χ3v) is 4.22. The molecule has 0 saturated heterocycles. The molecule has 0 atom stereocenters. The topological polar surface area (TPSA) is 25.2 Å². The van der Waals surface area contributed by atoms with Gasteiger partial charge >= 0.3 is 0 Å². The summed E-state index contributed by atoms with van der Waals surface area (Å²) in [6, 6.07) is 12.9. The van der Waals surface area contributed by atoms with E-state index in [4.69, 9.17) is 4.42 Å². The molecule has 1 heterocycles. The molecule has 0 unspecified atom stereocenters. The Bertz CT molecular complexity index is 551. The highest BCUT2D eigenvalue weighted by Gasteiger charge is 2.17. The smallest absolute Gasteiger partial charge is 0.134 e. The van der Waals surface area contributed by atoms with Crippen molar-refractivity contribution in [1.82, 2.24) is 5.32 Å². The second-order valence-corrected chi connectivity index (χ2v) is 6.26. The molecule has 0 amide bonds. The molecule has 2 nitrogen and oxygen atoms in total. The fraction of sp³-hybridized carbons (Fsp3) is 0.474. The summed E-state index contributed by atoms with van der Waals surface area (Å²) in [5.74, 6) is 1.94. The molecule has 1 aromatic heterocycles. The monoisotopic (exact) mass is 285 g/mol. The number of hydrogen-bond acceptors (Lipinski definition) is 2. The average molecular weight is 285 g/mol. The van der Waals surface area contributed by atoms with Crippen LogP contribution < -0.4 is 5.32 Å². The summed E-state index contributed by atoms with van der Waals surface area (Å²) in [4.78, 5) is 0. The first-order chi connectivity index (χ1) is 10.1. The molecule has 0 aliphatic heterocycles. The number of furan rings is 1. The quantitative estimate of drug-likeness (QED) is 0.713. The van der Waals surface area contributed by atoms with E-state index in [1.807, 2.05) is 0 Å². The van der Waals surface area contributed by atoms with Gasteiger partial charge in [0.2, 0.25) is 0 Å². The number of benzene rings is 1. The largest absolute Gasteiger partial charge is 0.460 e. The van der Waals surface area contributed by atoms with Gasteiger partial charge in [0.25, 0.3) is 0 Å². The summed E-state index contributed by atoms with van der Waals surface area (Å²) in [7, 11) is 0. The highest BCUT2D eigenvalue weighted by molar-refractivity contribution is 5.58. The van der Waals surface area contributed by atoms with Gasteiger partial charge in [0, 0.05) is 5.56 Å². The lowest BCUT2D eigenvalue weighted by Gasteiger charge is -2.23. The first kappa shape index (κ1) is 15.8. The van der Waals surface area contributed by atoms with Crippen LogP contribution in [0.5, 0.6) is 0 Å². The molecule has 2 aromatic rings. The van der Waals surface area contributed by atoms with Crippen molar-refractivity contribution in [2.24, 2.45) is 0 Å². The van der Waals surface area contributed by atoms with Crippen molar-refractivity contribution >= 4 is 0 Å². The normalized spacial score (nSPS) is 11.8. The maximum atomic E-state index is 5.91. The molecule has 0 fully saturated rings. The molecule has 1 aromatic carbocycles. The fourth-order valence-corrected chi connectivity index (χ4v) is 2.31. The van der Waals surface area contributed by atoms with E-state index in [9.17, 15) is 0 Å². The molecular formula is C19H27NO. The van der Waals surface area contributed by atoms with Gasteiger partial charge in [-0.15, -0.1) is 0 Å². The third-order valence-electron chi connectivity index (χ3n) is 4.22. The number of hydrogen-bond donors (Lipinski definition) is 1. The van der Waals surface area contributed by atoms with Gasteiger partial charge in [0.15, 0.2) is 0 Å². The molecule has 0 aliphatic rings. The lowest BCUT2D eigenvalue weighted by Crippen LogP contribution is -2.14. The molecular weight excluding hydrogens is 258 g/mol. The molecule has 0 bridgehead atoms. The zero-order valence-corrected chi connectivity index (χ0v) is 13.7. The van der Waals surface area contributed by atoms with E-state index >= 15 is 0 Å². The Morgan fingerprint density at radius 2 is 1.71 bits per heavy atom. The number of rotatable bonds is 7. The van der Waals surface area contributed by atoms with Crippen LogP contribution in [0.15, 0.2) is 40.8 Å². The van der Waals surface area contributed by atoms with Crippen LogP contribution in [-0.4, -0.2) is 6.54 Å². The van der Waals surface area contributed by atoms with Crippen molar-refractivity contribution < 1.29 is 4.42 Å². The summed E-state index contributed by atoms with van der Waals surface area (Å²) in [5.41, 5.74) is 2.76. The van der Waals surface area contributed by atoms with Crippen molar-refractivity contribution in [3.63, 3.8) is 0 Å². The van der Waals surface area contributed by atoms with Crippen LogP contribution in [0, 0.1) is 0 Å². The van der Waals surface area contributed by atoms with Gasteiger partial charge in [-0.25, -0.2) is 0 Å². The molecule has 0 saturated carbocycles. The Morgan fingerprint density at radius 1 is 1.00 bits per heavy atom. The summed E-state index contributed by atoms with van der Waals surface area (Å²) < 4.78 is 5.91. The lowest BCUT2D eigenvalue weighted by molar-refractivity contribution is 0.493. The minimum atomic E-state index is 0.233. The SMILES string of the molecule is CCCNCc1ccc(-c2ccc(C(C)(C)CC)cc2)o1. The van der Waals surface area contributed by atoms with Crippen LogP contribution in [0.1, 0.15) is 51.9 Å². The van der Waals surface area contributed by atoms with Crippen molar-refractivity contribution in [2.75, 3.05) is 6.54 Å². The van der Waals surface area contributed by atoms with Crippen molar-refractivity contribution in [1.29, 1.82) is 0 Å². The maximum Gasteiger partial charge on any atom is 0.134 e. The molecule has 0 aliphatic carbocycles. The predicted molar refractivity (Wildman–Crippen MR) is 89.5 cm³/mol. The molecule has 2 rings (SSSR count). The van der Waals surface area contributed by atoms with Crippen LogP contribution >= 0.6 is 0 Å². The van der Waals surface area contributed by atoms with Crippen LogP contribution in [0.4, 0.5) is 0 Å². The molecule has 21 heavy (non-hydrogen) atoms. The average Bonchev–Trinajstić information content (AvgIpc) is 2.96. The van der Waals surface area contributed by atoms with Crippen molar-refractivity contribution in [2.45, 2.75) is 52.5 Å². The Balaban J connectivity index is 2.09. The van der Waals surface area contributed by atoms with Crippen molar-refractivity contribution in [3.8, 4) is 11.3 Å². The molecule has 0 radical (unpaired) electrons. The van der Waals surface area contributed by atoms with Gasteiger partial charge in [0.05, 0.1) is 6.54 Å². The maximum absolute atomic E-state index is 5.91. The van der Waals surface area contributed by atoms with Gasteiger partial charge in [-0.2, -0.15) is 0 Å². The Hall–Kier alpha value is -1.54. The second-order valence-electron chi connectivity index (χ2n) is 6.26. The summed E-state index contributed by atoms with van der Waals surface area (Å²) in [5, 5.41) is 3.36. The van der Waals surface area contributed by atoms with Gasteiger partial charge in [-0.1, -0.05) is 52.0 Å². The highest BCUT2D eigenvalue weighted by atomic mass is 16.3. The van der Waals surface area contributed by atoms with Crippen LogP contribution in [-0.2, 0) is 12.0 Å². The predicted octanol–water partition coefficient (Wildman–Crippen LogP) is 5.13. The van der Waals surface area contributed by atoms with Crippen LogP contribution in [0.2, 0.25) is 0 Å². The van der Waals surface area contributed by atoms with E-state index in [1.165, 1.54) is 5.56 Å². The zero-order chi connectivity index (χ0) is 15.3. The molecule has 1 N–H and O–H groups in total. The van der Waals surface area contributed by atoms with E-state index in [0.29, 0.717) is 0 Å². The summed E-state index contributed by atoms with van der Waals surface area (Å²) >= 11 is 0. The highest BCUT2D eigenvalue weighted by Crippen LogP contribution is 2.29. The molecule has 2 heteroatoms. The van der Waals surface area contributed by atoms with E-state index in [0.717, 1.165) is 43.0 Å². The van der Waals surface area contributed by atoms with E-state index in [1.54, 1.807) is 0 Å². The summed E-state index contributed by atoms with van der Waals surface area (Å²) in [6.07, 6.45) is 2.28. The van der Waals surface area contributed by atoms with Gasteiger partial charge < -0.3 is 9.73 Å². The van der Waals surface area contributed by atoms with Gasteiger partial charge in [0.1, 0.15) is 11.5 Å². The zero-order valence-electron chi connectivity index (χ0n) is 13.7. The molecule has 114 valence electrons. The minimum absolute atomic E-state index is 0.233. The molecule has 0 spiro atoms. The summed E-state index contributed by atoms with van der Waals surface area (Å²) in [6.45, 7) is 10.8. The van der Waals surface area contributed by atoms with E-state index in [-0.39, 0.29) is 5.41 Å². The first-order valence-corrected chi connectivity index (χ1v) is 7.97. The minimum Gasteiger partial charge on any atom is -0.460 e. The first-order valence-electron chi connectivity index (χ1n) is 7.97. The lowest BCUT2D eigenvalue weighted by atomic mass is 9.82. The van der Waals surface area contributed by atoms with Crippen LogP contribution in [0.25, 0.3) is 11.3 Å². The van der Waals surface area contributed by atoms with E-state index in [2.05, 4.69) is 69.4 Å². The second kappa shape index (κ2) is 6.95. The fourth-order valence-electron chi connectivity index (χ4n) is 2.31. The Labute approximate surface area is 128 Å². The van der Waals surface area contributed by atoms with E-state index < -0.39 is 0 Å². The van der Waals surface area contributed by atoms with Gasteiger partial charge in [-0.3, -0.25) is 0 Å². The van der Waals surface area contributed by atoms with Crippen LogP contribution in [0.3, 0.4) is 0 Å². The van der Waals surface area contributed by atoms with Gasteiger partial charge in [-0.05, 0) is 42.5 Å². The Morgan fingerprint density at radius 3 is 2.33 bits per heavy atom. The van der Waals surface area contributed by atoms with Crippen molar-refractivity contribution in [3.05, 3.63) is 47.7 Å².